The average molecular weight is 634 g/mol. The van der Waals surface area contributed by atoms with Crippen LogP contribution in [-0.4, -0.2) is 4.57 Å². The van der Waals surface area contributed by atoms with Crippen molar-refractivity contribution in [2.24, 2.45) is 0 Å². The third kappa shape index (κ3) is 4.36. The molecule has 0 saturated heterocycles. The van der Waals surface area contributed by atoms with Gasteiger partial charge in [-0.2, -0.15) is 5.26 Å². The Hall–Kier alpha value is -5.76. The lowest BCUT2D eigenvalue weighted by atomic mass is 9.77. The van der Waals surface area contributed by atoms with Crippen molar-refractivity contribution in [1.82, 2.24) is 4.57 Å². The van der Waals surface area contributed by atoms with E-state index in [9.17, 15) is 5.26 Å². The van der Waals surface area contributed by atoms with Crippen LogP contribution in [-0.2, 0) is 5.41 Å². The van der Waals surface area contributed by atoms with Crippen LogP contribution < -0.4 is 4.90 Å². The van der Waals surface area contributed by atoms with E-state index in [1.807, 2.05) is 23.9 Å². The zero-order valence-corrected chi connectivity index (χ0v) is 27.5. The molecular formula is C44H31N3S. The molecule has 0 unspecified atom stereocenters. The normalized spacial score (nSPS) is 13.3. The van der Waals surface area contributed by atoms with Gasteiger partial charge in [0.25, 0.3) is 0 Å². The summed E-state index contributed by atoms with van der Waals surface area (Å²) in [4.78, 5) is 4.90. The van der Waals surface area contributed by atoms with Crippen LogP contribution >= 0.6 is 11.8 Å². The lowest BCUT2D eigenvalue weighted by Gasteiger charge is -2.35. The Morgan fingerprint density at radius 1 is 0.583 bits per heavy atom. The molecule has 48 heavy (non-hydrogen) atoms. The lowest BCUT2D eigenvalue weighted by Crippen LogP contribution is -2.24. The summed E-state index contributed by atoms with van der Waals surface area (Å²) in [6.07, 6.45) is 0. The molecule has 0 radical (unpaired) electrons. The first-order valence-electron chi connectivity index (χ1n) is 16.2. The highest BCUT2D eigenvalue weighted by atomic mass is 32.2. The summed E-state index contributed by atoms with van der Waals surface area (Å²) in [5.74, 6) is 0. The number of benzene rings is 7. The van der Waals surface area contributed by atoms with Gasteiger partial charge in [-0.15, -0.1) is 0 Å². The second kappa shape index (κ2) is 10.9. The number of anilines is 3. The number of hydrogen-bond acceptors (Lipinski definition) is 3. The maximum absolute atomic E-state index is 9.60. The number of nitrogens with zero attached hydrogens (tertiary/aromatic N) is 3. The molecule has 2 heterocycles. The van der Waals surface area contributed by atoms with Gasteiger partial charge >= 0.3 is 0 Å². The van der Waals surface area contributed by atoms with Crippen molar-refractivity contribution in [3.8, 4) is 11.8 Å². The smallest absolute Gasteiger partial charge is 0.0991 e. The molecule has 1 aliphatic heterocycles. The van der Waals surface area contributed by atoms with Crippen molar-refractivity contribution in [2.75, 3.05) is 4.90 Å². The van der Waals surface area contributed by atoms with Crippen molar-refractivity contribution in [3.05, 3.63) is 168 Å². The van der Waals surface area contributed by atoms with Crippen LogP contribution in [0.25, 0.3) is 38.3 Å². The minimum Gasteiger partial charge on any atom is -0.310 e. The number of para-hydroxylation sites is 1. The van der Waals surface area contributed by atoms with Gasteiger partial charge in [0.2, 0.25) is 0 Å². The minimum absolute atomic E-state index is 0.103. The first-order chi connectivity index (χ1) is 23.5. The monoisotopic (exact) mass is 633 g/mol. The highest BCUT2D eigenvalue weighted by Gasteiger charge is 2.33. The zero-order chi connectivity index (χ0) is 32.4. The predicted molar refractivity (Wildman–Crippen MR) is 200 cm³/mol. The molecule has 0 atom stereocenters. The molecule has 9 rings (SSSR count). The van der Waals surface area contributed by atoms with Gasteiger partial charge in [0.05, 0.1) is 22.7 Å². The summed E-state index contributed by atoms with van der Waals surface area (Å²) in [5, 5.41) is 14.5. The molecule has 1 aromatic heterocycles. The first kappa shape index (κ1) is 28.5. The zero-order valence-electron chi connectivity index (χ0n) is 26.7. The summed E-state index contributed by atoms with van der Waals surface area (Å²) < 4.78 is 2.38. The van der Waals surface area contributed by atoms with Crippen LogP contribution in [0.15, 0.2) is 161 Å². The average Bonchev–Trinajstić information content (AvgIpc) is 3.46. The van der Waals surface area contributed by atoms with E-state index < -0.39 is 0 Å². The SMILES string of the molecule is CC1(C)c2ccccc2Sc2cc(N(c3ccc(C#N)cc3)c3ccc4c(c3)c3c5ccccc5ccc3n4-c3ccccc3)ccc21. The van der Waals surface area contributed by atoms with Crippen LogP contribution in [0, 0.1) is 11.3 Å². The number of aromatic nitrogens is 1. The predicted octanol–water partition coefficient (Wildman–Crippen LogP) is 12.1. The first-order valence-corrected chi connectivity index (χ1v) is 17.1. The van der Waals surface area contributed by atoms with Gasteiger partial charge in [0.15, 0.2) is 0 Å². The molecule has 0 saturated carbocycles. The van der Waals surface area contributed by atoms with Crippen LogP contribution in [0.5, 0.6) is 0 Å². The summed E-state index contributed by atoms with van der Waals surface area (Å²) in [7, 11) is 0. The van der Waals surface area contributed by atoms with Crippen molar-refractivity contribution in [3.63, 3.8) is 0 Å². The van der Waals surface area contributed by atoms with Crippen LogP contribution in [0.3, 0.4) is 0 Å². The van der Waals surface area contributed by atoms with E-state index in [1.54, 1.807) is 0 Å². The van der Waals surface area contributed by atoms with Crippen LogP contribution in [0.4, 0.5) is 17.1 Å². The standard InChI is InChI=1S/C44H31N3S/c1-44(2)37-14-8-9-15-41(37)48-42-27-34(21-23-38(42)44)46(32-19-16-29(28-45)17-20-32)33-22-25-39-36(26-33)43-35-13-7-6-10-30(35)18-24-40(43)47(39)31-11-4-3-5-12-31/h3-27H,1-2H3. The van der Waals surface area contributed by atoms with Gasteiger partial charge < -0.3 is 9.47 Å². The fraction of sp³-hybridized carbons (Fsp3) is 0.0682. The van der Waals surface area contributed by atoms with E-state index >= 15 is 0 Å². The Balaban J connectivity index is 1.29. The van der Waals surface area contributed by atoms with Gasteiger partial charge in [-0.05, 0) is 101 Å². The second-order valence-electron chi connectivity index (χ2n) is 13.0. The number of rotatable bonds is 4. The quantitative estimate of drug-likeness (QED) is 0.193. The summed E-state index contributed by atoms with van der Waals surface area (Å²) in [5.41, 5.74) is 9.88. The molecule has 0 spiro atoms. The maximum Gasteiger partial charge on any atom is 0.0991 e. The summed E-state index contributed by atoms with van der Waals surface area (Å²) >= 11 is 1.85. The van der Waals surface area contributed by atoms with Crippen LogP contribution in [0.2, 0.25) is 0 Å². The molecule has 3 nitrogen and oxygen atoms in total. The molecule has 0 N–H and O–H groups in total. The molecule has 1 aliphatic rings. The third-order valence-corrected chi connectivity index (χ3v) is 11.0. The van der Waals surface area contributed by atoms with E-state index in [0.717, 1.165) is 28.3 Å². The van der Waals surface area contributed by atoms with Crippen molar-refractivity contribution in [1.29, 1.82) is 5.26 Å². The highest BCUT2D eigenvalue weighted by Crippen LogP contribution is 2.51. The van der Waals surface area contributed by atoms with E-state index in [4.69, 9.17) is 0 Å². The Morgan fingerprint density at radius 3 is 2.08 bits per heavy atom. The Morgan fingerprint density at radius 2 is 1.25 bits per heavy atom. The molecule has 0 amide bonds. The highest BCUT2D eigenvalue weighted by molar-refractivity contribution is 7.99. The Labute approximate surface area is 284 Å². The number of nitriles is 1. The minimum atomic E-state index is -0.103. The van der Waals surface area contributed by atoms with E-state index in [2.05, 4.69) is 169 Å². The molecule has 0 fully saturated rings. The van der Waals surface area contributed by atoms with Gasteiger partial charge in [0, 0.05) is 48.7 Å². The van der Waals surface area contributed by atoms with E-state index in [1.165, 1.54) is 48.0 Å². The number of fused-ring (bicyclic) bond motifs is 7. The fourth-order valence-corrected chi connectivity index (χ4v) is 8.92. The summed E-state index contributed by atoms with van der Waals surface area (Å²) in [6, 6.07) is 56.4. The fourth-order valence-electron chi connectivity index (χ4n) is 7.49. The van der Waals surface area contributed by atoms with Crippen molar-refractivity contribution < 1.29 is 0 Å². The Kier molecular flexibility index (Phi) is 6.47. The molecule has 228 valence electrons. The van der Waals surface area contributed by atoms with Gasteiger partial charge in [-0.25, -0.2) is 0 Å². The van der Waals surface area contributed by atoms with Crippen molar-refractivity contribution in [2.45, 2.75) is 29.1 Å². The van der Waals surface area contributed by atoms with Crippen molar-refractivity contribution >= 4 is 61.4 Å². The van der Waals surface area contributed by atoms with Crippen LogP contribution in [0.1, 0.15) is 30.5 Å². The summed E-state index contributed by atoms with van der Waals surface area (Å²) in [6.45, 7) is 4.65. The molecule has 4 heteroatoms. The van der Waals surface area contributed by atoms with Gasteiger partial charge in [-0.1, -0.05) is 98.4 Å². The molecule has 7 aromatic carbocycles. The van der Waals surface area contributed by atoms with E-state index in [0.29, 0.717) is 5.56 Å². The second-order valence-corrected chi connectivity index (χ2v) is 14.0. The third-order valence-electron chi connectivity index (χ3n) is 9.84. The molecule has 0 aliphatic carbocycles. The number of hydrogen-bond donors (Lipinski definition) is 0. The molecule has 0 bridgehead atoms. The lowest BCUT2D eigenvalue weighted by molar-refractivity contribution is 0.607. The molecular weight excluding hydrogens is 603 g/mol. The largest absolute Gasteiger partial charge is 0.310 e. The topological polar surface area (TPSA) is 32.0 Å². The van der Waals surface area contributed by atoms with E-state index in [-0.39, 0.29) is 5.41 Å². The van der Waals surface area contributed by atoms with Gasteiger partial charge in [-0.3, -0.25) is 0 Å². The Bertz CT molecular complexity index is 2570. The molecule has 8 aromatic rings. The maximum atomic E-state index is 9.60. The van der Waals surface area contributed by atoms with Gasteiger partial charge in [0.1, 0.15) is 0 Å².